The third-order valence-electron chi connectivity index (χ3n) is 5.06. The summed E-state index contributed by atoms with van der Waals surface area (Å²) < 4.78 is 0.907. The Balaban J connectivity index is 1.83. The van der Waals surface area contributed by atoms with Crippen molar-refractivity contribution in [1.29, 1.82) is 0 Å². The Morgan fingerprint density at radius 1 is 0.929 bits per heavy atom. The third-order valence-corrected chi connectivity index (χ3v) is 5.78. The quantitative estimate of drug-likeness (QED) is 0.563. The van der Waals surface area contributed by atoms with Crippen LogP contribution in [0.4, 0.5) is 0 Å². The van der Waals surface area contributed by atoms with Crippen LogP contribution in [-0.2, 0) is 11.3 Å². The average Bonchev–Trinajstić information content (AvgIpc) is 2.95. The number of hydrogen-bond acceptors (Lipinski definition) is 2. The van der Waals surface area contributed by atoms with Crippen LogP contribution in [0, 0.1) is 6.92 Å². The molecular weight excluding hydrogens is 414 g/mol. The van der Waals surface area contributed by atoms with Gasteiger partial charge in [-0.15, -0.1) is 0 Å². The molecule has 1 aliphatic heterocycles. The minimum atomic E-state index is -0.369. The Morgan fingerprint density at radius 2 is 1.57 bits per heavy atom. The Labute approximate surface area is 173 Å². The molecule has 1 aliphatic rings. The van der Waals surface area contributed by atoms with Crippen LogP contribution in [0.5, 0.6) is 0 Å². The van der Waals surface area contributed by atoms with Gasteiger partial charge in [-0.25, -0.2) is 0 Å². The Hall–Kier alpha value is -2.85. The van der Waals surface area contributed by atoms with Gasteiger partial charge < -0.3 is 10.0 Å². The van der Waals surface area contributed by atoms with E-state index in [2.05, 4.69) is 15.9 Å². The van der Waals surface area contributed by atoms with E-state index in [1.54, 1.807) is 4.90 Å². The molecule has 1 heterocycles. The summed E-state index contributed by atoms with van der Waals surface area (Å²) in [5.41, 5.74) is 4.64. The molecule has 0 saturated heterocycles. The first-order chi connectivity index (χ1) is 13.6. The van der Waals surface area contributed by atoms with Crippen LogP contribution in [0.2, 0.25) is 0 Å². The standard InChI is InChI=1S/C24H20BrNO2/c1-16-11-13-17(14-12-16)15-26-22(19-9-5-6-10-20(19)25)21(23(27)24(26)28)18-7-3-2-4-8-18/h2-14,22,27H,15H2,1H3/t22-/m1/s1. The maximum Gasteiger partial charge on any atom is 0.290 e. The van der Waals surface area contributed by atoms with Gasteiger partial charge in [-0.05, 0) is 29.7 Å². The van der Waals surface area contributed by atoms with E-state index in [9.17, 15) is 9.90 Å². The van der Waals surface area contributed by atoms with Crippen LogP contribution < -0.4 is 0 Å². The van der Waals surface area contributed by atoms with Crippen molar-refractivity contribution in [3.63, 3.8) is 0 Å². The summed E-state index contributed by atoms with van der Waals surface area (Å²) in [6.45, 7) is 2.46. The molecule has 0 radical (unpaired) electrons. The number of amides is 1. The van der Waals surface area contributed by atoms with Crippen molar-refractivity contribution in [1.82, 2.24) is 4.90 Å². The fourth-order valence-corrected chi connectivity index (χ4v) is 4.14. The van der Waals surface area contributed by atoms with E-state index in [1.807, 2.05) is 85.8 Å². The number of aliphatic hydroxyl groups is 1. The first kappa shape index (κ1) is 18.5. The lowest BCUT2D eigenvalue weighted by Crippen LogP contribution is -2.30. The highest BCUT2D eigenvalue weighted by Crippen LogP contribution is 2.45. The fourth-order valence-electron chi connectivity index (χ4n) is 3.64. The zero-order valence-electron chi connectivity index (χ0n) is 15.5. The van der Waals surface area contributed by atoms with E-state index < -0.39 is 0 Å². The number of rotatable bonds is 4. The molecule has 0 bridgehead atoms. The first-order valence-corrected chi connectivity index (χ1v) is 9.95. The first-order valence-electron chi connectivity index (χ1n) is 9.16. The second kappa shape index (κ2) is 7.64. The van der Waals surface area contributed by atoms with Crippen molar-refractivity contribution in [2.45, 2.75) is 19.5 Å². The minimum Gasteiger partial charge on any atom is -0.503 e. The van der Waals surface area contributed by atoms with E-state index in [0.29, 0.717) is 12.1 Å². The molecule has 140 valence electrons. The summed E-state index contributed by atoms with van der Waals surface area (Å²) in [4.78, 5) is 14.8. The predicted octanol–water partition coefficient (Wildman–Crippen LogP) is 5.81. The highest BCUT2D eigenvalue weighted by atomic mass is 79.9. The SMILES string of the molecule is Cc1ccc(CN2C(=O)C(O)=C(c3ccccc3)[C@H]2c2ccccc2Br)cc1. The molecule has 4 heteroatoms. The highest BCUT2D eigenvalue weighted by molar-refractivity contribution is 9.10. The van der Waals surface area contributed by atoms with Gasteiger partial charge in [0.25, 0.3) is 5.91 Å². The molecular formula is C24H20BrNO2. The zero-order valence-corrected chi connectivity index (χ0v) is 17.1. The van der Waals surface area contributed by atoms with Gasteiger partial charge in [-0.1, -0.05) is 94.3 Å². The number of carbonyl (C=O) groups is 1. The van der Waals surface area contributed by atoms with Gasteiger partial charge in [-0.2, -0.15) is 0 Å². The summed E-state index contributed by atoms with van der Waals surface area (Å²) >= 11 is 3.63. The number of hydrogen-bond donors (Lipinski definition) is 1. The molecule has 0 spiro atoms. The van der Waals surface area contributed by atoms with Crippen molar-refractivity contribution in [3.05, 3.63) is 111 Å². The van der Waals surface area contributed by atoms with Crippen LogP contribution in [0.25, 0.3) is 5.57 Å². The van der Waals surface area contributed by atoms with Crippen LogP contribution in [-0.4, -0.2) is 15.9 Å². The maximum absolute atomic E-state index is 13.1. The molecule has 0 aromatic heterocycles. The number of halogens is 1. The summed E-state index contributed by atoms with van der Waals surface area (Å²) in [5, 5.41) is 10.8. The zero-order chi connectivity index (χ0) is 19.7. The van der Waals surface area contributed by atoms with Crippen LogP contribution in [0.1, 0.15) is 28.3 Å². The van der Waals surface area contributed by atoms with Crippen molar-refractivity contribution in [3.8, 4) is 0 Å². The second-order valence-electron chi connectivity index (χ2n) is 6.97. The summed E-state index contributed by atoms with van der Waals surface area (Å²) in [7, 11) is 0. The number of aliphatic hydroxyl groups excluding tert-OH is 1. The molecule has 4 rings (SSSR count). The molecule has 0 saturated carbocycles. The van der Waals surface area contributed by atoms with Crippen molar-refractivity contribution >= 4 is 27.4 Å². The van der Waals surface area contributed by atoms with Gasteiger partial charge in [0.1, 0.15) is 0 Å². The van der Waals surface area contributed by atoms with Gasteiger partial charge in [0, 0.05) is 16.6 Å². The lowest BCUT2D eigenvalue weighted by atomic mass is 9.93. The van der Waals surface area contributed by atoms with Crippen molar-refractivity contribution < 1.29 is 9.90 Å². The molecule has 0 aliphatic carbocycles. The van der Waals surface area contributed by atoms with E-state index in [-0.39, 0.29) is 17.7 Å². The van der Waals surface area contributed by atoms with E-state index in [0.717, 1.165) is 21.2 Å². The minimum absolute atomic E-state index is 0.181. The predicted molar refractivity (Wildman–Crippen MR) is 115 cm³/mol. The van der Waals surface area contributed by atoms with E-state index >= 15 is 0 Å². The molecule has 3 aromatic rings. The number of nitrogens with zero attached hydrogens (tertiary/aromatic N) is 1. The van der Waals surface area contributed by atoms with E-state index in [1.165, 1.54) is 5.56 Å². The fraction of sp³-hybridized carbons (Fsp3) is 0.125. The van der Waals surface area contributed by atoms with Gasteiger partial charge >= 0.3 is 0 Å². The van der Waals surface area contributed by atoms with Gasteiger partial charge in [-0.3, -0.25) is 4.79 Å². The molecule has 28 heavy (non-hydrogen) atoms. The molecule has 0 fully saturated rings. The number of aryl methyl sites for hydroxylation is 1. The van der Waals surface area contributed by atoms with Crippen molar-refractivity contribution in [2.24, 2.45) is 0 Å². The van der Waals surface area contributed by atoms with Crippen LogP contribution in [0.3, 0.4) is 0 Å². The molecule has 1 atom stereocenters. The topological polar surface area (TPSA) is 40.5 Å². The lowest BCUT2D eigenvalue weighted by molar-refractivity contribution is -0.130. The number of benzene rings is 3. The van der Waals surface area contributed by atoms with Gasteiger partial charge in [0.15, 0.2) is 5.76 Å². The van der Waals surface area contributed by atoms with Gasteiger partial charge in [0.2, 0.25) is 0 Å². The molecule has 3 nitrogen and oxygen atoms in total. The Bertz CT molecular complexity index is 1040. The molecule has 0 unspecified atom stereocenters. The van der Waals surface area contributed by atoms with Crippen LogP contribution in [0.15, 0.2) is 89.1 Å². The third kappa shape index (κ3) is 3.36. The van der Waals surface area contributed by atoms with Gasteiger partial charge in [0.05, 0.1) is 6.04 Å². The van der Waals surface area contributed by atoms with E-state index in [4.69, 9.17) is 0 Å². The summed E-state index contributed by atoms with van der Waals surface area (Å²) in [6, 6.07) is 25.2. The Kier molecular flexibility index (Phi) is 5.05. The molecule has 1 amide bonds. The second-order valence-corrected chi connectivity index (χ2v) is 7.83. The Morgan fingerprint density at radius 3 is 2.25 bits per heavy atom. The molecule has 3 aromatic carbocycles. The monoisotopic (exact) mass is 433 g/mol. The largest absolute Gasteiger partial charge is 0.503 e. The maximum atomic E-state index is 13.1. The molecule has 1 N–H and O–H groups in total. The lowest BCUT2D eigenvalue weighted by Gasteiger charge is -2.28. The summed E-state index contributed by atoms with van der Waals surface area (Å²) in [5.74, 6) is -0.528. The van der Waals surface area contributed by atoms with Crippen molar-refractivity contribution in [2.75, 3.05) is 0 Å². The normalized spacial score (nSPS) is 16.7. The summed E-state index contributed by atoms with van der Waals surface area (Å²) in [6.07, 6.45) is 0. The smallest absolute Gasteiger partial charge is 0.290 e. The number of carbonyl (C=O) groups excluding carboxylic acids is 1. The highest BCUT2D eigenvalue weighted by Gasteiger charge is 2.41. The average molecular weight is 434 g/mol. The van der Waals surface area contributed by atoms with Crippen LogP contribution >= 0.6 is 15.9 Å².